The summed E-state index contributed by atoms with van der Waals surface area (Å²) in [4.78, 5) is 4.13. The van der Waals surface area contributed by atoms with Gasteiger partial charge in [0, 0.05) is 17.4 Å². The zero-order chi connectivity index (χ0) is 14.8. The van der Waals surface area contributed by atoms with E-state index in [4.69, 9.17) is 23.1 Å². The Morgan fingerprint density at radius 3 is 2.30 bits per heavy atom. The lowest BCUT2D eigenvalue weighted by molar-refractivity contribution is 0.677. The second kappa shape index (κ2) is 8.11. The maximum Gasteiger partial charge on any atom is 0.0954 e. The van der Waals surface area contributed by atoms with E-state index in [2.05, 4.69) is 4.98 Å². The fourth-order valence-electron chi connectivity index (χ4n) is 2.40. The third kappa shape index (κ3) is 4.10. The first kappa shape index (κ1) is 19.2. The molecule has 1 unspecified atom stereocenters. The number of aromatic nitrogens is 2. The molecule has 7 heteroatoms. The summed E-state index contributed by atoms with van der Waals surface area (Å²) in [5.74, 6) is 0. The first-order valence-corrected chi connectivity index (χ1v) is 6.91. The number of anilines is 2. The smallest absolute Gasteiger partial charge is 0.0954 e. The number of imidazole rings is 1. The van der Waals surface area contributed by atoms with Gasteiger partial charge in [0.15, 0.2) is 0 Å². The average Bonchev–Trinajstić information content (AvgIpc) is 2.97. The SMILES string of the molecule is Cl.Cl.Nc1ccc(C(c2cccc(Cl)c2)n2ccnc2)cc1N. The molecule has 0 bridgehead atoms. The standard InChI is InChI=1S/C16H15ClN4.2ClH/c17-13-3-1-2-11(8-13)16(21-7-6-20-10-21)12-4-5-14(18)15(19)9-12;;/h1-10,16H,18-19H2;2*1H. The van der Waals surface area contributed by atoms with E-state index in [1.807, 2.05) is 53.2 Å². The van der Waals surface area contributed by atoms with Gasteiger partial charge >= 0.3 is 0 Å². The zero-order valence-electron chi connectivity index (χ0n) is 12.1. The van der Waals surface area contributed by atoms with Crippen molar-refractivity contribution in [2.75, 3.05) is 11.5 Å². The van der Waals surface area contributed by atoms with Gasteiger partial charge in [-0.2, -0.15) is 0 Å². The van der Waals surface area contributed by atoms with Crippen LogP contribution < -0.4 is 11.5 Å². The lowest BCUT2D eigenvalue weighted by Crippen LogP contribution is -2.11. The fraction of sp³-hybridized carbons (Fsp3) is 0.0625. The number of hydrogen-bond donors (Lipinski definition) is 2. The van der Waals surface area contributed by atoms with Crippen molar-refractivity contribution in [3.05, 3.63) is 77.3 Å². The molecule has 0 saturated heterocycles. The van der Waals surface area contributed by atoms with Crippen LogP contribution in [0.3, 0.4) is 0 Å². The third-order valence-corrected chi connectivity index (χ3v) is 3.65. The van der Waals surface area contributed by atoms with E-state index >= 15 is 0 Å². The Hall–Kier alpha value is -1.88. The van der Waals surface area contributed by atoms with Crippen LogP contribution in [0.25, 0.3) is 0 Å². The number of rotatable bonds is 3. The van der Waals surface area contributed by atoms with E-state index in [0.717, 1.165) is 11.1 Å². The molecule has 0 amide bonds. The first-order chi connectivity index (χ1) is 10.1. The van der Waals surface area contributed by atoms with Gasteiger partial charge in [0.2, 0.25) is 0 Å². The van der Waals surface area contributed by atoms with Gasteiger partial charge in [0.1, 0.15) is 0 Å². The highest BCUT2D eigenvalue weighted by Crippen LogP contribution is 2.30. The molecule has 0 radical (unpaired) electrons. The van der Waals surface area contributed by atoms with E-state index < -0.39 is 0 Å². The van der Waals surface area contributed by atoms with Gasteiger partial charge in [-0.15, -0.1) is 24.8 Å². The molecule has 0 saturated carbocycles. The molecule has 1 atom stereocenters. The number of benzene rings is 2. The number of hydrogen-bond acceptors (Lipinski definition) is 3. The summed E-state index contributed by atoms with van der Waals surface area (Å²) in [5.41, 5.74) is 15.0. The molecule has 1 heterocycles. The molecule has 4 nitrogen and oxygen atoms in total. The molecule has 2 aromatic carbocycles. The van der Waals surface area contributed by atoms with E-state index in [1.54, 1.807) is 12.5 Å². The van der Waals surface area contributed by atoms with Crippen LogP contribution in [0.2, 0.25) is 5.02 Å². The Kier molecular flexibility index (Phi) is 6.76. The largest absolute Gasteiger partial charge is 0.397 e. The summed E-state index contributed by atoms with van der Waals surface area (Å²) in [6, 6.07) is 13.4. The topological polar surface area (TPSA) is 69.9 Å². The summed E-state index contributed by atoms with van der Waals surface area (Å²) < 4.78 is 2.01. The molecule has 3 rings (SSSR count). The third-order valence-electron chi connectivity index (χ3n) is 3.41. The van der Waals surface area contributed by atoms with Crippen LogP contribution in [-0.2, 0) is 0 Å². The maximum atomic E-state index is 6.12. The number of nitrogen functional groups attached to an aromatic ring is 2. The molecule has 122 valence electrons. The Labute approximate surface area is 152 Å². The van der Waals surface area contributed by atoms with Crippen LogP contribution >= 0.6 is 36.4 Å². The summed E-state index contributed by atoms with van der Waals surface area (Å²) in [6.07, 6.45) is 5.44. The quantitative estimate of drug-likeness (QED) is 0.678. The van der Waals surface area contributed by atoms with Crippen molar-refractivity contribution in [2.24, 2.45) is 0 Å². The maximum absolute atomic E-state index is 6.12. The minimum Gasteiger partial charge on any atom is -0.397 e. The van der Waals surface area contributed by atoms with Crippen molar-refractivity contribution in [2.45, 2.75) is 6.04 Å². The lowest BCUT2D eigenvalue weighted by Gasteiger charge is -2.20. The second-order valence-corrected chi connectivity index (χ2v) is 5.29. The van der Waals surface area contributed by atoms with Crippen molar-refractivity contribution in [3.8, 4) is 0 Å². The highest BCUT2D eigenvalue weighted by molar-refractivity contribution is 6.30. The minimum atomic E-state index is -0.0471. The van der Waals surface area contributed by atoms with Crippen LogP contribution in [-0.4, -0.2) is 9.55 Å². The normalized spacial score (nSPS) is 11.2. The van der Waals surface area contributed by atoms with Gasteiger partial charge in [-0.05, 0) is 35.4 Å². The Morgan fingerprint density at radius 1 is 0.957 bits per heavy atom. The molecular weight excluding hydrogens is 355 g/mol. The van der Waals surface area contributed by atoms with Gasteiger partial charge in [0.05, 0.1) is 23.7 Å². The van der Waals surface area contributed by atoms with Crippen LogP contribution in [0.4, 0.5) is 11.4 Å². The van der Waals surface area contributed by atoms with Crippen LogP contribution in [0.1, 0.15) is 17.2 Å². The predicted octanol–water partition coefficient (Wildman–Crippen LogP) is 4.18. The van der Waals surface area contributed by atoms with Gasteiger partial charge < -0.3 is 16.0 Å². The fourth-order valence-corrected chi connectivity index (χ4v) is 2.60. The van der Waals surface area contributed by atoms with Gasteiger partial charge in [-0.25, -0.2) is 4.98 Å². The van der Waals surface area contributed by atoms with Crippen LogP contribution in [0.15, 0.2) is 61.2 Å². The molecule has 23 heavy (non-hydrogen) atoms. The van der Waals surface area contributed by atoms with Crippen molar-refractivity contribution in [1.82, 2.24) is 9.55 Å². The highest BCUT2D eigenvalue weighted by Gasteiger charge is 2.17. The van der Waals surface area contributed by atoms with Crippen molar-refractivity contribution < 1.29 is 0 Å². The Balaban J connectivity index is 0.00000132. The van der Waals surface area contributed by atoms with E-state index in [0.29, 0.717) is 16.4 Å². The van der Waals surface area contributed by atoms with Crippen molar-refractivity contribution in [1.29, 1.82) is 0 Å². The average molecular weight is 372 g/mol. The van der Waals surface area contributed by atoms with E-state index in [1.165, 1.54) is 0 Å². The van der Waals surface area contributed by atoms with Gasteiger partial charge in [-0.1, -0.05) is 29.8 Å². The molecule has 0 aliphatic carbocycles. The second-order valence-electron chi connectivity index (χ2n) is 4.86. The summed E-state index contributed by atoms with van der Waals surface area (Å²) in [6.45, 7) is 0. The Morgan fingerprint density at radius 2 is 1.70 bits per heavy atom. The van der Waals surface area contributed by atoms with Gasteiger partial charge in [0.25, 0.3) is 0 Å². The highest BCUT2D eigenvalue weighted by atomic mass is 35.5. The molecule has 1 aromatic heterocycles. The van der Waals surface area contributed by atoms with Gasteiger partial charge in [-0.3, -0.25) is 0 Å². The van der Waals surface area contributed by atoms with Crippen molar-refractivity contribution >= 4 is 47.8 Å². The summed E-state index contributed by atoms with van der Waals surface area (Å²) in [5, 5.41) is 0.695. The zero-order valence-corrected chi connectivity index (χ0v) is 14.5. The van der Waals surface area contributed by atoms with Crippen LogP contribution in [0.5, 0.6) is 0 Å². The first-order valence-electron chi connectivity index (χ1n) is 6.53. The molecule has 0 fully saturated rings. The molecule has 0 aliphatic rings. The minimum absolute atomic E-state index is 0. The summed E-state index contributed by atoms with van der Waals surface area (Å²) in [7, 11) is 0. The van der Waals surface area contributed by atoms with E-state index in [9.17, 15) is 0 Å². The van der Waals surface area contributed by atoms with Crippen molar-refractivity contribution in [3.63, 3.8) is 0 Å². The number of nitrogens with zero attached hydrogens (tertiary/aromatic N) is 2. The van der Waals surface area contributed by atoms with Crippen LogP contribution in [0, 0.1) is 0 Å². The molecule has 0 aliphatic heterocycles. The summed E-state index contributed by atoms with van der Waals surface area (Å²) >= 11 is 6.12. The molecule has 4 N–H and O–H groups in total. The van der Waals surface area contributed by atoms with E-state index in [-0.39, 0.29) is 30.9 Å². The molecular formula is C16H17Cl3N4. The number of nitrogens with two attached hydrogens (primary N) is 2. The molecule has 3 aromatic rings. The monoisotopic (exact) mass is 370 g/mol. The molecule has 0 spiro atoms. The Bertz CT molecular complexity index is 760. The predicted molar refractivity (Wildman–Crippen MR) is 101 cm³/mol. The lowest BCUT2D eigenvalue weighted by atomic mass is 9.97. The number of halogens is 3.